The SMILES string of the molecule is NN(c1ccc([N+](=O)[O-])cn1)n1ccc(C=O)n1. The first-order chi connectivity index (χ1) is 8.61. The number of anilines is 1. The Balaban J connectivity index is 2.25. The van der Waals surface area contributed by atoms with Crippen LogP contribution in [0.3, 0.4) is 0 Å². The van der Waals surface area contributed by atoms with Crippen LogP contribution in [-0.4, -0.2) is 26.1 Å². The van der Waals surface area contributed by atoms with Crippen LogP contribution in [0.15, 0.2) is 30.6 Å². The van der Waals surface area contributed by atoms with Crippen LogP contribution in [0.5, 0.6) is 0 Å². The lowest BCUT2D eigenvalue weighted by atomic mass is 10.4. The van der Waals surface area contributed by atoms with Gasteiger partial charge in [0.2, 0.25) is 0 Å². The lowest BCUT2D eigenvalue weighted by molar-refractivity contribution is -0.385. The fraction of sp³-hybridized carbons (Fsp3) is 0. The van der Waals surface area contributed by atoms with E-state index in [0.717, 1.165) is 11.3 Å². The lowest BCUT2D eigenvalue weighted by Crippen LogP contribution is -2.37. The maximum atomic E-state index is 10.5. The number of nitro groups is 1. The number of rotatable bonds is 4. The summed E-state index contributed by atoms with van der Waals surface area (Å²) in [5.41, 5.74) is 0.0774. The summed E-state index contributed by atoms with van der Waals surface area (Å²) < 4.78 is 0. The summed E-state index contributed by atoms with van der Waals surface area (Å²) in [6.07, 6.45) is 3.12. The summed E-state index contributed by atoms with van der Waals surface area (Å²) in [6, 6.07) is 4.12. The molecule has 0 radical (unpaired) electrons. The van der Waals surface area contributed by atoms with Crippen molar-refractivity contribution in [2.24, 2.45) is 5.84 Å². The van der Waals surface area contributed by atoms with Crippen LogP contribution in [0.1, 0.15) is 10.5 Å². The van der Waals surface area contributed by atoms with Crippen LogP contribution < -0.4 is 11.0 Å². The van der Waals surface area contributed by atoms with Gasteiger partial charge in [0.25, 0.3) is 5.69 Å². The number of carbonyl (C=O) groups excluding carboxylic acids is 1. The summed E-state index contributed by atoms with van der Waals surface area (Å²) in [5.74, 6) is 5.95. The largest absolute Gasteiger partial charge is 0.296 e. The van der Waals surface area contributed by atoms with Gasteiger partial charge in [0.05, 0.1) is 11.1 Å². The lowest BCUT2D eigenvalue weighted by Gasteiger charge is -2.16. The summed E-state index contributed by atoms with van der Waals surface area (Å²) >= 11 is 0. The quantitative estimate of drug-likeness (QED) is 0.353. The van der Waals surface area contributed by atoms with E-state index in [4.69, 9.17) is 5.84 Å². The maximum Gasteiger partial charge on any atom is 0.287 e. The first-order valence-electron chi connectivity index (χ1n) is 4.78. The van der Waals surface area contributed by atoms with Crippen LogP contribution in [0, 0.1) is 10.1 Å². The Kier molecular flexibility index (Phi) is 2.98. The molecular formula is C9H8N6O3. The monoisotopic (exact) mass is 248 g/mol. The van der Waals surface area contributed by atoms with Crippen molar-refractivity contribution in [3.05, 3.63) is 46.4 Å². The Morgan fingerprint density at radius 1 is 1.44 bits per heavy atom. The Bertz CT molecular complexity index is 578. The van der Waals surface area contributed by atoms with Gasteiger partial charge in [-0.1, -0.05) is 0 Å². The number of nitrogens with zero attached hydrogens (tertiary/aromatic N) is 5. The summed E-state index contributed by atoms with van der Waals surface area (Å²) in [6.45, 7) is 0. The van der Waals surface area contributed by atoms with Crippen molar-refractivity contribution in [1.82, 2.24) is 14.9 Å². The van der Waals surface area contributed by atoms with Crippen molar-refractivity contribution in [3.8, 4) is 0 Å². The summed E-state index contributed by atoms with van der Waals surface area (Å²) in [4.78, 5) is 25.4. The minimum atomic E-state index is -0.559. The second kappa shape index (κ2) is 4.59. The van der Waals surface area contributed by atoms with E-state index in [1.54, 1.807) is 0 Å². The molecule has 0 saturated carbocycles. The molecule has 9 nitrogen and oxygen atoms in total. The number of hydrogen-bond acceptors (Lipinski definition) is 7. The van der Waals surface area contributed by atoms with Crippen LogP contribution in [0.4, 0.5) is 11.5 Å². The zero-order valence-electron chi connectivity index (χ0n) is 9.00. The third kappa shape index (κ3) is 2.15. The van der Waals surface area contributed by atoms with Crippen molar-refractivity contribution >= 4 is 17.8 Å². The molecule has 0 aliphatic rings. The highest BCUT2D eigenvalue weighted by Gasteiger charge is 2.10. The normalized spacial score (nSPS) is 10.1. The predicted octanol–water partition coefficient (Wildman–Crippen LogP) is 0.142. The van der Waals surface area contributed by atoms with Crippen LogP contribution >= 0.6 is 0 Å². The molecule has 9 heteroatoms. The van der Waals surface area contributed by atoms with Gasteiger partial charge in [0, 0.05) is 6.07 Å². The van der Waals surface area contributed by atoms with Gasteiger partial charge in [-0.3, -0.25) is 14.9 Å². The Morgan fingerprint density at radius 2 is 2.22 bits per heavy atom. The molecule has 0 aromatic carbocycles. The zero-order valence-corrected chi connectivity index (χ0v) is 9.00. The van der Waals surface area contributed by atoms with Gasteiger partial charge in [-0.2, -0.15) is 9.91 Å². The van der Waals surface area contributed by atoms with Gasteiger partial charge in [-0.25, -0.2) is 10.8 Å². The van der Waals surface area contributed by atoms with Crippen molar-refractivity contribution in [1.29, 1.82) is 0 Å². The Hall–Kier alpha value is -2.81. The van der Waals surface area contributed by atoms with E-state index in [0.29, 0.717) is 6.29 Å². The molecule has 0 fully saturated rings. The molecule has 0 bridgehead atoms. The zero-order chi connectivity index (χ0) is 13.1. The van der Waals surface area contributed by atoms with Crippen LogP contribution in [-0.2, 0) is 0 Å². The number of hydrazine groups is 1. The second-order valence-electron chi connectivity index (χ2n) is 3.26. The molecule has 2 aromatic rings. The smallest absolute Gasteiger partial charge is 0.287 e. The Labute approximate surface area is 101 Å². The molecule has 0 saturated heterocycles. The maximum absolute atomic E-state index is 10.5. The van der Waals surface area contributed by atoms with E-state index in [1.165, 1.54) is 29.2 Å². The van der Waals surface area contributed by atoms with E-state index >= 15 is 0 Å². The highest BCUT2D eigenvalue weighted by molar-refractivity contribution is 5.71. The Morgan fingerprint density at radius 3 is 2.72 bits per heavy atom. The standard InChI is InChI=1S/C9H8N6O3/c10-14(13-4-3-7(6-16)12-13)9-2-1-8(5-11-9)15(17)18/h1-6H,10H2. The molecule has 0 spiro atoms. The van der Waals surface area contributed by atoms with Gasteiger partial charge < -0.3 is 0 Å². The minimum absolute atomic E-state index is 0.138. The molecule has 2 aromatic heterocycles. The molecule has 0 aliphatic carbocycles. The highest BCUT2D eigenvalue weighted by atomic mass is 16.6. The van der Waals surface area contributed by atoms with Crippen molar-refractivity contribution in [2.75, 3.05) is 5.12 Å². The number of hydrogen-bond donors (Lipinski definition) is 1. The molecule has 2 rings (SSSR count). The third-order valence-corrected chi connectivity index (χ3v) is 2.12. The summed E-state index contributed by atoms with van der Waals surface area (Å²) in [5, 5.41) is 15.3. The van der Waals surface area contributed by atoms with E-state index in [-0.39, 0.29) is 17.2 Å². The van der Waals surface area contributed by atoms with Gasteiger partial charge in [-0.15, -0.1) is 5.10 Å². The molecular weight excluding hydrogens is 240 g/mol. The summed E-state index contributed by atoms with van der Waals surface area (Å²) in [7, 11) is 0. The van der Waals surface area contributed by atoms with Gasteiger partial charge >= 0.3 is 0 Å². The minimum Gasteiger partial charge on any atom is -0.296 e. The van der Waals surface area contributed by atoms with E-state index < -0.39 is 4.92 Å². The number of pyridine rings is 1. The van der Waals surface area contributed by atoms with Crippen molar-refractivity contribution in [3.63, 3.8) is 0 Å². The topological polar surface area (TPSA) is 120 Å². The average molecular weight is 248 g/mol. The van der Waals surface area contributed by atoms with E-state index in [1.807, 2.05) is 0 Å². The van der Waals surface area contributed by atoms with E-state index in [9.17, 15) is 14.9 Å². The fourth-order valence-corrected chi connectivity index (χ4v) is 1.24. The molecule has 0 amide bonds. The van der Waals surface area contributed by atoms with E-state index in [2.05, 4.69) is 10.1 Å². The number of aldehydes is 1. The highest BCUT2D eigenvalue weighted by Crippen LogP contribution is 2.13. The molecule has 0 unspecified atom stereocenters. The molecule has 0 atom stereocenters. The van der Waals surface area contributed by atoms with Gasteiger partial charge in [0.15, 0.2) is 12.1 Å². The van der Waals surface area contributed by atoms with Crippen molar-refractivity contribution < 1.29 is 9.72 Å². The average Bonchev–Trinajstić information content (AvgIpc) is 2.86. The first-order valence-corrected chi connectivity index (χ1v) is 4.78. The first kappa shape index (κ1) is 11.7. The van der Waals surface area contributed by atoms with Gasteiger partial charge in [0.1, 0.15) is 11.9 Å². The molecule has 2 N–H and O–H groups in total. The van der Waals surface area contributed by atoms with Crippen molar-refractivity contribution in [2.45, 2.75) is 0 Å². The van der Waals surface area contributed by atoms with Gasteiger partial charge in [-0.05, 0) is 12.1 Å². The number of aromatic nitrogens is 3. The molecule has 18 heavy (non-hydrogen) atoms. The molecule has 92 valence electrons. The van der Waals surface area contributed by atoms with Crippen LogP contribution in [0.25, 0.3) is 0 Å². The molecule has 0 aliphatic heterocycles. The second-order valence-corrected chi connectivity index (χ2v) is 3.26. The number of nitrogens with two attached hydrogens (primary N) is 1. The fourth-order valence-electron chi connectivity index (χ4n) is 1.24. The van der Waals surface area contributed by atoms with Crippen LogP contribution in [0.2, 0.25) is 0 Å². The number of carbonyl (C=O) groups is 1. The third-order valence-electron chi connectivity index (χ3n) is 2.12. The molecule has 2 heterocycles. The predicted molar refractivity (Wildman–Crippen MR) is 60.6 cm³/mol.